The van der Waals surface area contributed by atoms with Gasteiger partial charge in [0.05, 0.1) is 17.0 Å². The Hall–Kier alpha value is -1.94. The first-order valence-corrected chi connectivity index (χ1v) is 7.14. The van der Waals surface area contributed by atoms with E-state index in [1.54, 1.807) is 0 Å². The van der Waals surface area contributed by atoms with Crippen LogP contribution < -0.4 is 5.73 Å². The summed E-state index contributed by atoms with van der Waals surface area (Å²) < 4.78 is 0. The zero-order valence-electron chi connectivity index (χ0n) is 11.5. The van der Waals surface area contributed by atoms with Gasteiger partial charge in [-0.2, -0.15) is 0 Å². The molecule has 1 aliphatic rings. The van der Waals surface area contributed by atoms with Crippen molar-refractivity contribution in [2.24, 2.45) is 5.73 Å². The SMILES string of the molecule is N=C(N)CCN(Cc1ccc2ccccc2n1)C1CC1. The molecule has 0 bridgehead atoms. The molecular weight excluding hydrogens is 248 g/mol. The summed E-state index contributed by atoms with van der Waals surface area (Å²) >= 11 is 0. The molecule has 4 heteroatoms. The quantitative estimate of drug-likeness (QED) is 0.625. The Bertz CT molecular complexity index is 619. The molecule has 1 fully saturated rings. The van der Waals surface area contributed by atoms with Gasteiger partial charge < -0.3 is 5.73 Å². The van der Waals surface area contributed by atoms with Gasteiger partial charge in [0.15, 0.2) is 0 Å². The van der Waals surface area contributed by atoms with Crippen molar-refractivity contribution in [2.45, 2.75) is 31.8 Å². The van der Waals surface area contributed by atoms with Crippen molar-refractivity contribution in [2.75, 3.05) is 6.54 Å². The van der Waals surface area contributed by atoms with Gasteiger partial charge in [0, 0.05) is 30.9 Å². The Morgan fingerprint density at radius 1 is 1.25 bits per heavy atom. The smallest absolute Gasteiger partial charge is 0.0918 e. The van der Waals surface area contributed by atoms with Crippen molar-refractivity contribution in [3.8, 4) is 0 Å². The third-order valence-electron chi connectivity index (χ3n) is 3.75. The standard InChI is InChI=1S/C16H20N4/c17-16(18)9-10-20(14-7-8-14)11-13-6-5-12-3-1-2-4-15(12)19-13/h1-6,14H,7-11H2,(H3,17,18). The van der Waals surface area contributed by atoms with Crippen LogP contribution >= 0.6 is 0 Å². The molecule has 2 aromatic rings. The average molecular weight is 268 g/mol. The lowest BCUT2D eigenvalue weighted by atomic mass is 10.2. The minimum absolute atomic E-state index is 0.266. The molecule has 0 aliphatic heterocycles. The number of nitrogens with zero attached hydrogens (tertiary/aromatic N) is 2. The molecule has 4 nitrogen and oxygen atoms in total. The Morgan fingerprint density at radius 2 is 2.05 bits per heavy atom. The molecule has 1 saturated carbocycles. The molecule has 0 radical (unpaired) electrons. The Balaban J connectivity index is 1.74. The minimum atomic E-state index is 0.266. The molecule has 1 aromatic heterocycles. The van der Waals surface area contributed by atoms with E-state index in [4.69, 9.17) is 16.1 Å². The summed E-state index contributed by atoms with van der Waals surface area (Å²) in [5.41, 5.74) is 7.61. The largest absolute Gasteiger partial charge is 0.388 e. The van der Waals surface area contributed by atoms with Crippen molar-refractivity contribution in [1.82, 2.24) is 9.88 Å². The first kappa shape index (κ1) is 13.1. The minimum Gasteiger partial charge on any atom is -0.388 e. The number of nitrogens with two attached hydrogens (primary N) is 1. The molecule has 104 valence electrons. The lowest BCUT2D eigenvalue weighted by Gasteiger charge is -2.21. The number of amidine groups is 1. The molecule has 0 spiro atoms. The fourth-order valence-electron chi connectivity index (χ4n) is 2.50. The van der Waals surface area contributed by atoms with Crippen LogP contribution in [0.2, 0.25) is 0 Å². The Labute approximate surface area is 119 Å². The molecular formula is C16H20N4. The van der Waals surface area contributed by atoms with Crippen LogP contribution in [0.5, 0.6) is 0 Å². The molecule has 1 heterocycles. The molecule has 1 aliphatic carbocycles. The van der Waals surface area contributed by atoms with Crippen LogP contribution in [0.25, 0.3) is 10.9 Å². The maximum Gasteiger partial charge on any atom is 0.0918 e. The summed E-state index contributed by atoms with van der Waals surface area (Å²) in [7, 11) is 0. The average Bonchev–Trinajstić information content (AvgIpc) is 3.27. The highest BCUT2D eigenvalue weighted by Gasteiger charge is 2.28. The number of fused-ring (bicyclic) bond motifs is 1. The van der Waals surface area contributed by atoms with Crippen molar-refractivity contribution >= 4 is 16.7 Å². The van der Waals surface area contributed by atoms with Gasteiger partial charge in [-0.3, -0.25) is 15.3 Å². The van der Waals surface area contributed by atoms with Crippen LogP contribution in [0.3, 0.4) is 0 Å². The molecule has 0 amide bonds. The molecule has 0 saturated heterocycles. The molecule has 1 aromatic carbocycles. The van der Waals surface area contributed by atoms with Crippen LogP contribution in [0, 0.1) is 5.41 Å². The fourth-order valence-corrected chi connectivity index (χ4v) is 2.50. The van der Waals surface area contributed by atoms with Gasteiger partial charge in [0.2, 0.25) is 0 Å². The summed E-state index contributed by atoms with van der Waals surface area (Å²) in [6.07, 6.45) is 3.15. The zero-order valence-corrected chi connectivity index (χ0v) is 11.5. The monoisotopic (exact) mass is 268 g/mol. The molecule has 20 heavy (non-hydrogen) atoms. The number of hydrogen-bond acceptors (Lipinski definition) is 3. The van der Waals surface area contributed by atoms with E-state index in [1.165, 1.54) is 18.2 Å². The maximum atomic E-state index is 7.37. The summed E-state index contributed by atoms with van der Waals surface area (Å²) in [6, 6.07) is 13.1. The second-order valence-electron chi connectivity index (χ2n) is 5.47. The van der Waals surface area contributed by atoms with Crippen molar-refractivity contribution in [1.29, 1.82) is 5.41 Å². The van der Waals surface area contributed by atoms with Crippen LogP contribution in [0.4, 0.5) is 0 Å². The number of benzene rings is 1. The van der Waals surface area contributed by atoms with Gasteiger partial charge in [0.1, 0.15) is 0 Å². The predicted octanol–water partition coefficient (Wildman–Crippen LogP) is 2.53. The van der Waals surface area contributed by atoms with Gasteiger partial charge >= 0.3 is 0 Å². The fraction of sp³-hybridized carbons (Fsp3) is 0.375. The van der Waals surface area contributed by atoms with Gasteiger partial charge in [-0.05, 0) is 25.0 Å². The number of aromatic nitrogens is 1. The number of para-hydroxylation sites is 1. The van der Waals surface area contributed by atoms with E-state index in [0.717, 1.165) is 24.3 Å². The van der Waals surface area contributed by atoms with E-state index in [0.29, 0.717) is 12.5 Å². The van der Waals surface area contributed by atoms with E-state index in [-0.39, 0.29) is 5.84 Å². The van der Waals surface area contributed by atoms with E-state index < -0.39 is 0 Å². The van der Waals surface area contributed by atoms with Crippen molar-refractivity contribution in [3.05, 3.63) is 42.1 Å². The number of hydrogen-bond donors (Lipinski definition) is 2. The third-order valence-corrected chi connectivity index (χ3v) is 3.75. The third kappa shape index (κ3) is 3.14. The first-order chi connectivity index (χ1) is 9.72. The van der Waals surface area contributed by atoms with Crippen LogP contribution in [0.1, 0.15) is 25.0 Å². The van der Waals surface area contributed by atoms with Gasteiger partial charge in [-0.1, -0.05) is 24.3 Å². The molecule has 0 unspecified atom stereocenters. The highest BCUT2D eigenvalue weighted by molar-refractivity contribution is 5.78. The van der Waals surface area contributed by atoms with Crippen molar-refractivity contribution in [3.63, 3.8) is 0 Å². The maximum absolute atomic E-state index is 7.37. The normalized spacial score (nSPS) is 14.8. The topological polar surface area (TPSA) is 66.0 Å². The highest BCUT2D eigenvalue weighted by atomic mass is 15.2. The second-order valence-corrected chi connectivity index (χ2v) is 5.47. The first-order valence-electron chi connectivity index (χ1n) is 7.14. The van der Waals surface area contributed by atoms with E-state index >= 15 is 0 Å². The highest BCUT2D eigenvalue weighted by Crippen LogP contribution is 2.28. The second kappa shape index (κ2) is 5.59. The molecule has 3 rings (SSSR count). The van der Waals surface area contributed by atoms with Gasteiger partial charge in [-0.25, -0.2) is 0 Å². The van der Waals surface area contributed by atoms with E-state index in [9.17, 15) is 0 Å². The summed E-state index contributed by atoms with van der Waals surface area (Å²) in [5.74, 6) is 0.266. The number of pyridine rings is 1. The van der Waals surface area contributed by atoms with Crippen LogP contribution in [0.15, 0.2) is 36.4 Å². The van der Waals surface area contributed by atoms with Crippen LogP contribution in [-0.4, -0.2) is 28.3 Å². The predicted molar refractivity (Wildman–Crippen MR) is 81.7 cm³/mol. The Morgan fingerprint density at radius 3 is 2.80 bits per heavy atom. The zero-order chi connectivity index (χ0) is 13.9. The summed E-state index contributed by atoms with van der Waals surface area (Å²) in [5, 5.41) is 8.55. The number of rotatable bonds is 6. The lowest BCUT2D eigenvalue weighted by Crippen LogP contribution is -2.29. The molecule has 3 N–H and O–H groups in total. The van der Waals surface area contributed by atoms with Crippen LogP contribution in [-0.2, 0) is 6.54 Å². The van der Waals surface area contributed by atoms with E-state index in [1.807, 2.05) is 12.1 Å². The summed E-state index contributed by atoms with van der Waals surface area (Å²) in [6.45, 7) is 1.71. The number of nitrogens with one attached hydrogen (secondary N) is 1. The van der Waals surface area contributed by atoms with Crippen molar-refractivity contribution < 1.29 is 0 Å². The van der Waals surface area contributed by atoms with E-state index in [2.05, 4.69) is 29.2 Å². The summed E-state index contributed by atoms with van der Waals surface area (Å²) in [4.78, 5) is 7.13. The molecule has 0 atom stereocenters. The van der Waals surface area contributed by atoms with Gasteiger partial charge in [-0.15, -0.1) is 0 Å². The lowest BCUT2D eigenvalue weighted by molar-refractivity contribution is 0.259. The Kier molecular flexibility index (Phi) is 3.65. The van der Waals surface area contributed by atoms with Gasteiger partial charge in [0.25, 0.3) is 0 Å².